The van der Waals surface area contributed by atoms with Gasteiger partial charge in [-0.25, -0.2) is 8.42 Å². The second-order valence-corrected chi connectivity index (χ2v) is 8.32. The van der Waals surface area contributed by atoms with E-state index < -0.39 is 16.1 Å². The second kappa shape index (κ2) is 7.86. The number of rotatable bonds is 8. The molecule has 0 saturated carbocycles. The first-order valence-electron chi connectivity index (χ1n) is 7.47. The molecule has 0 saturated heterocycles. The van der Waals surface area contributed by atoms with Crippen LogP contribution in [0.3, 0.4) is 0 Å². The summed E-state index contributed by atoms with van der Waals surface area (Å²) in [5, 5.41) is 6.46. The number of nitrogens with one attached hydrogen (secondary N) is 2. The third-order valence-electron chi connectivity index (χ3n) is 3.21. The van der Waals surface area contributed by atoms with E-state index in [1.165, 1.54) is 18.3 Å². The fourth-order valence-corrected chi connectivity index (χ4v) is 4.67. The van der Waals surface area contributed by atoms with Crippen LogP contribution in [0.25, 0.3) is 0 Å². The average molecular weight is 372 g/mol. The monoisotopic (exact) mass is 372 g/mol. The van der Waals surface area contributed by atoms with E-state index in [4.69, 9.17) is 4.52 Å². The Morgan fingerprint density at radius 3 is 2.75 bits per heavy atom. The molecule has 2 aromatic rings. The summed E-state index contributed by atoms with van der Waals surface area (Å²) in [5.41, 5.74) is 0. The van der Waals surface area contributed by atoms with Gasteiger partial charge in [-0.05, 0) is 25.0 Å². The van der Waals surface area contributed by atoms with Crippen LogP contribution in [0.1, 0.15) is 42.9 Å². The topological polar surface area (TPSA) is 114 Å². The highest BCUT2D eigenvalue weighted by Crippen LogP contribution is 2.24. The second-order valence-electron chi connectivity index (χ2n) is 5.21. The third kappa shape index (κ3) is 4.86. The van der Waals surface area contributed by atoms with Crippen LogP contribution in [0, 0.1) is 6.92 Å². The molecule has 0 bridgehead atoms. The van der Waals surface area contributed by atoms with Gasteiger partial charge in [0.05, 0.1) is 6.04 Å². The molecule has 24 heavy (non-hydrogen) atoms. The van der Waals surface area contributed by atoms with E-state index in [1.54, 1.807) is 19.1 Å². The quantitative estimate of drug-likeness (QED) is 0.726. The average Bonchev–Trinajstić information content (AvgIpc) is 3.14. The van der Waals surface area contributed by atoms with Crippen molar-refractivity contribution in [2.45, 2.75) is 43.9 Å². The number of carbonyl (C=O) groups excluding carboxylic acids is 1. The Bertz CT molecular complexity index is 797. The molecule has 8 nitrogen and oxygen atoms in total. The van der Waals surface area contributed by atoms with Gasteiger partial charge in [-0.3, -0.25) is 4.79 Å². The Hall–Kier alpha value is -1.78. The van der Waals surface area contributed by atoms with Crippen molar-refractivity contribution >= 4 is 27.3 Å². The van der Waals surface area contributed by atoms with Crippen LogP contribution in [0.2, 0.25) is 0 Å². The van der Waals surface area contributed by atoms with Crippen LogP contribution < -0.4 is 10.0 Å². The Balaban J connectivity index is 2.06. The summed E-state index contributed by atoms with van der Waals surface area (Å²) in [6.07, 6.45) is 1.08. The first-order valence-corrected chi connectivity index (χ1v) is 9.77. The van der Waals surface area contributed by atoms with E-state index >= 15 is 0 Å². The Labute approximate surface area is 144 Å². The summed E-state index contributed by atoms with van der Waals surface area (Å²) >= 11 is 1.18. The molecule has 0 aromatic carbocycles. The van der Waals surface area contributed by atoms with E-state index in [0.29, 0.717) is 31.1 Å². The van der Waals surface area contributed by atoms with Gasteiger partial charge < -0.3 is 9.84 Å². The van der Waals surface area contributed by atoms with E-state index in [0.717, 1.165) is 4.88 Å². The van der Waals surface area contributed by atoms with Crippen LogP contribution in [-0.4, -0.2) is 31.0 Å². The smallest absolute Gasteiger partial charge is 0.250 e. The number of sulfonamides is 1. The molecular formula is C14H20N4O4S2. The number of carbonyl (C=O) groups is 1. The molecule has 0 aliphatic carbocycles. The molecule has 2 rings (SSSR count). The lowest BCUT2D eigenvalue weighted by Crippen LogP contribution is -2.28. The third-order valence-corrected chi connectivity index (χ3v) is 6.32. The Kier molecular flexibility index (Phi) is 6.08. The van der Waals surface area contributed by atoms with Gasteiger partial charge in [0.2, 0.25) is 11.8 Å². The zero-order valence-electron chi connectivity index (χ0n) is 13.7. The highest BCUT2D eigenvalue weighted by Gasteiger charge is 2.25. The summed E-state index contributed by atoms with van der Waals surface area (Å²) in [5.74, 6) is 0.599. The predicted molar refractivity (Wildman–Crippen MR) is 89.1 cm³/mol. The molecule has 2 aromatic heterocycles. The number of thiophene rings is 1. The Morgan fingerprint density at radius 2 is 2.17 bits per heavy atom. The maximum absolute atomic E-state index is 12.5. The van der Waals surface area contributed by atoms with Crippen LogP contribution in [0.4, 0.5) is 0 Å². The van der Waals surface area contributed by atoms with Crippen molar-refractivity contribution < 1.29 is 17.7 Å². The summed E-state index contributed by atoms with van der Waals surface area (Å²) in [6, 6.07) is 2.77. The lowest BCUT2D eigenvalue weighted by Gasteiger charge is -2.12. The summed E-state index contributed by atoms with van der Waals surface area (Å²) < 4.78 is 32.8. The van der Waals surface area contributed by atoms with E-state index in [2.05, 4.69) is 20.2 Å². The van der Waals surface area contributed by atoms with Gasteiger partial charge in [-0.1, -0.05) is 12.1 Å². The number of aryl methyl sites for hydroxylation is 1. The van der Waals surface area contributed by atoms with Gasteiger partial charge in [0, 0.05) is 25.3 Å². The molecule has 0 radical (unpaired) electrons. The maximum atomic E-state index is 12.5. The normalized spacial score (nSPS) is 13.0. The molecule has 1 atom stereocenters. The molecule has 132 valence electrons. The Morgan fingerprint density at radius 1 is 1.42 bits per heavy atom. The SMILES string of the molecule is CCC(NS(=O)(=O)c1ccc(CCNC(C)=O)s1)c1noc(C)n1. The molecule has 10 heteroatoms. The molecule has 0 aliphatic rings. The van der Waals surface area contributed by atoms with Crippen molar-refractivity contribution in [2.24, 2.45) is 0 Å². The summed E-state index contributed by atoms with van der Waals surface area (Å²) in [6.45, 7) is 5.41. The van der Waals surface area contributed by atoms with Gasteiger partial charge in [0.15, 0.2) is 5.82 Å². The lowest BCUT2D eigenvalue weighted by atomic mass is 10.2. The van der Waals surface area contributed by atoms with Crippen LogP contribution >= 0.6 is 11.3 Å². The van der Waals surface area contributed by atoms with Crippen molar-refractivity contribution in [2.75, 3.05) is 6.54 Å². The minimum absolute atomic E-state index is 0.109. The van der Waals surface area contributed by atoms with Crippen LogP contribution in [0.15, 0.2) is 20.9 Å². The van der Waals surface area contributed by atoms with Crippen molar-refractivity contribution in [1.29, 1.82) is 0 Å². The lowest BCUT2D eigenvalue weighted by molar-refractivity contribution is -0.118. The number of nitrogens with zero attached hydrogens (tertiary/aromatic N) is 2. The van der Waals surface area contributed by atoms with E-state index in [-0.39, 0.29) is 10.1 Å². The van der Waals surface area contributed by atoms with Gasteiger partial charge in [0.25, 0.3) is 10.0 Å². The molecule has 0 fully saturated rings. The van der Waals surface area contributed by atoms with Crippen LogP contribution in [-0.2, 0) is 21.2 Å². The van der Waals surface area contributed by atoms with Crippen molar-refractivity contribution in [1.82, 2.24) is 20.2 Å². The van der Waals surface area contributed by atoms with Crippen molar-refractivity contribution in [3.05, 3.63) is 28.7 Å². The zero-order valence-corrected chi connectivity index (χ0v) is 15.3. The molecular weight excluding hydrogens is 352 g/mol. The van der Waals surface area contributed by atoms with Crippen LogP contribution in [0.5, 0.6) is 0 Å². The zero-order chi connectivity index (χ0) is 17.7. The van der Waals surface area contributed by atoms with E-state index in [9.17, 15) is 13.2 Å². The molecule has 1 unspecified atom stereocenters. The summed E-state index contributed by atoms with van der Waals surface area (Å²) in [4.78, 5) is 15.8. The van der Waals surface area contributed by atoms with Crippen molar-refractivity contribution in [3.63, 3.8) is 0 Å². The highest BCUT2D eigenvalue weighted by molar-refractivity contribution is 7.91. The first kappa shape index (κ1) is 18.6. The fraction of sp³-hybridized carbons (Fsp3) is 0.500. The minimum atomic E-state index is -3.67. The number of hydrogen-bond donors (Lipinski definition) is 2. The highest BCUT2D eigenvalue weighted by atomic mass is 32.2. The summed E-state index contributed by atoms with van der Waals surface area (Å²) in [7, 11) is -3.67. The largest absolute Gasteiger partial charge is 0.356 e. The first-order chi connectivity index (χ1) is 11.3. The number of amides is 1. The number of hydrogen-bond acceptors (Lipinski definition) is 7. The molecule has 0 spiro atoms. The standard InChI is InChI=1S/C14H20N4O4S2/c1-4-12(14-16-10(3)22-17-14)18-24(20,21)13-6-5-11(23-13)7-8-15-9(2)19/h5-6,12,18H,4,7-8H2,1-3H3,(H,15,19). The van der Waals surface area contributed by atoms with Gasteiger partial charge in [-0.15, -0.1) is 11.3 Å². The molecule has 1 amide bonds. The van der Waals surface area contributed by atoms with Gasteiger partial charge >= 0.3 is 0 Å². The molecule has 0 aliphatic heterocycles. The minimum Gasteiger partial charge on any atom is -0.356 e. The predicted octanol–water partition coefficient (Wildman–Crippen LogP) is 1.55. The van der Waals surface area contributed by atoms with Gasteiger partial charge in [-0.2, -0.15) is 9.71 Å². The van der Waals surface area contributed by atoms with Crippen molar-refractivity contribution in [3.8, 4) is 0 Å². The fourth-order valence-electron chi connectivity index (χ4n) is 2.02. The van der Waals surface area contributed by atoms with E-state index in [1.807, 2.05) is 6.92 Å². The molecule has 2 heterocycles. The maximum Gasteiger partial charge on any atom is 0.250 e. The van der Waals surface area contributed by atoms with Gasteiger partial charge in [0.1, 0.15) is 4.21 Å². The molecule has 2 N–H and O–H groups in total. The number of aromatic nitrogens is 2.